The molecule has 19 heavy (non-hydrogen) atoms. The van der Waals surface area contributed by atoms with Gasteiger partial charge in [-0.3, -0.25) is 9.89 Å². The lowest BCUT2D eigenvalue weighted by atomic mass is 10.0. The Morgan fingerprint density at radius 1 is 1.16 bits per heavy atom. The summed E-state index contributed by atoms with van der Waals surface area (Å²) in [5, 5.41) is 11.5. The first-order chi connectivity index (χ1) is 9.25. The van der Waals surface area contributed by atoms with Crippen LogP contribution in [0.2, 0.25) is 0 Å². The fraction of sp³-hybridized carbons (Fsp3) is 0.0667. The first-order valence-corrected chi connectivity index (χ1v) is 6.05. The summed E-state index contributed by atoms with van der Waals surface area (Å²) in [5.74, 6) is 0.502. The number of nitrogens with one attached hydrogen (secondary N) is 2. The molecule has 0 saturated carbocycles. The van der Waals surface area contributed by atoms with Crippen LogP contribution in [0.1, 0.15) is 15.9 Å². The van der Waals surface area contributed by atoms with Crippen LogP contribution in [0, 0.1) is 6.92 Å². The molecule has 0 radical (unpaired) electrons. The van der Waals surface area contributed by atoms with E-state index in [0.717, 1.165) is 16.3 Å². The normalized spacial score (nSPS) is 10.6. The molecular formula is C15H13N3O. The largest absolute Gasteiger partial charge is 0.307 e. The highest BCUT2D eigenvalue weighted by atomic mass is 16.1. The van der Waals surface area contributed by atoms with Crippen molar-refractivity contribution in [2.24, 2.45) is 0 Å². The summed E-state index contributed by atoms with van der Waals surface area (Å²) in [7, 11) is 0. The van der Waals surface area contributed by atoms with Crippen molar-refractivity contribution < 1.29 is 4.79 Å². The predicted octanol–water partition coefficient (Wildman–Crippen LogP) is 3.12. The summed E-state index contributed by atoms with van der Waals surface area (Å²) in [6.07, 6.45) is 1.68. The van der Waals surface area contributed by atoms with Crippen molar-refractivity contribution in [3.8, 4) is 0 Å². The van der Waals surface area contributed by atoms with Crippen LogP contribution in [-0.4, -0.2) is 16.1 Å². The monoisotopic (exact) mass is 251 g/mol. The number of hydrogen-bond donors (Lipinski definition) is 2. The number of anilines is 1. The number of rotatable bonds is 2. The zero-order valence-electron chi connectivity index (χ0n) is 10.5. The second-order valence-corrected chi connectivity index (χ2v) is 4.41. The Balaban J connectivity index is 2.00. The van der Waals surface area contributed by atoms with Crippen molar-refractivity contribution in [2.75, 3.05) is 5.32 Å². The van der Waals surface area contributed by atoms with E-state index in [4.69, 9.17) is 0 Å². The highest BCUT2D eigenvalue weighted by Gasteiger charge is 2.11. The lowest BCUT2D eigenvalue weighted by Gasteiger charge is -2.07. The van der Waals surface area contributed by atoms with E-state index in [1.54, 1.807) is 6.20 Å². The van der Waals surface area contributed by atoms with Gasteiger partial charge >= 0.3 is 0 Å². The highest BCUT2D eigenvalue weighted by Crippen LogP contribution is 2.20. The molecule has 0 unspecified atom stereocenters. The van der Waals surface area contributed by atoms with Gasteiger partial charge in [-0.05, 0) is 23.8 Å². The van der Waals surface area contributed by atoms with Gasteiger partial charge in [0.2, 0.25) is 0 Å². The molecule has 1 amide bonds. The molecule has 3 aromatic rings. The van der Waals surface area contributed by atoms with E-state index in [1.807, 2.05) is 49.4 Å². The number of benzene rings is 2. The quantitative estimate of drug-likeness (QED) is 0.735. The molecule has 1 heterocycles. The van der Waals surface area contributed by atoms with E-state index in [9.17, 15) is 4.79 Å². The van der Waals surface area contributed by atoms with Crippen molar-refractivity contribution in [2.45, 2.75) is 6.92 Å². The Bertz CT molecular complexity index is 740. The van der Waals surface area contributed by atoms with Gasteiger partial charge in [0.15, 0.2) is 0 Å². The molecule has 0 aliphatic rings. The van der Waals surface area contributed by atoms with Crippen LogP contribution in [0.3, 0.4) is 0 Å². The molecule has 0 aliphatic heterocycles. The molecule has 0 spiro atoms. The summed E-state index contributed by atoms with van der Waals surface area (Å²) in [6, 6.07) is 13.5. The van der Waals surface area contributed by atoms with Crippen LogP contribution < -0.4 is 5.32 Å². The van der Waals surface area contributed by atoms with Gasteiger partial charge in [0, 0.05) is 11.1 Å². The fourth-order valence-electron chi connectivity index (χ4n) is 2.08. The molecule has 2 N–H and O–H groups in total. The summed E-state index contributed by atoms with van der Waals surface area (Å²) in [5.41, 5.74) is 1.57. The number of carbonyl (C=O) groups is 1. The Hall–Kier alpha value is -2.62. The number of aromatic nitrogens is 2. The molecule has 0 saturated heterocycles. The molecular weight excluding hydrogens is 238 g/mol. The zero-order valence-corrected chi connectivity index (χ0v) is 10.5. The van der Waals surface area contributed by atoms with E-state index < -0.39 is 0 Å². The molecule has 4 nitrogen and oxygen atoms in total. The van der Waals surface area contributed by atoms with Crippen LogP contribution in [0.4, 0.5) is 5.82 Å². The number of hydrogen-bond acceptors (Lipinski definition) is 2. The smallest absolute Gasteiger partial charge is 0.257 e. The maximum atomic E-state index is 12.3. The third kappa shape index (κ3) is 2.08. The molecule has 2 aromatic carbocycles. The predicted molar refractivity (Wildman–Crippen MR) is 75.2 cm³/mol. The van der Waals surface area contributed by atoms with Gasteiger partial charge in [-0.2, -0.15) is 5.10 Å². The number of carbonyl (C=O) groups excluding carboxylic acids is 1. The first kappa shape index (κ1) is 11.5. The molecule has 1 aromatic heterocycles. The lowest BCUT2D eigenvalue weighted by Crippen LogP contribution is -2.13. The minimum absolute atomic E-state index is 0.135. The first-order valence-electron chi connectivity index (χ1n) is 6.05. The number of fused-ring (bicyclic) bond motifs is 1. The average Bonchev–Trinajstić information content (AvgIpc) is 2.83. The van der Waals surface area contributed by atoms with E-state index >= 15 is 0 Å². The SMILES string of the molecule is Cc1cn[nH]c1NC(=O)c1cccc2ccccc12. The molecule has 3 rings (SSSR count). The van der Waals surface area contributed by atoms with Gasteiger partial charge in [-0.15, -0.1) is 0 Å². The Morgan fingerprint density at radius 2 is 1.95 bits per heavy atom. The van der Waals surface area contributed by atoms with Crippen LogP contribution in [0.5, 0.6) is 0 Å². The topological polar surface area (TPSA) is 57.8 Å². The van der Waals surface area contributed by atoms with Crippen molar-refractivity contribution in [3.63, 3.8) is 0 Å². The molecule has 0 atom stereocenters. The maximum Gasteiger partial charge on any atom is 0.257 e. The van der Waals surface area contributed by atoms with E-state index in [1.165, 1.54) is 0 Å². The van der Waals surface area contributed by atoms with Crippen molar-refractivity contribution >= 4 is 22.5 Å². The van der Waals surface area contributed by atoms with Crippen molar-refractivity contribution in [3.05, 3.63) is 59.8 Å². The standard InChI is InChI=1S/C15H13N3O/c1-10-9-16-18-14(10)17-15(19)13-8-4-6-11-5-2-3-7-12(11)13/h2-9H,1H3,(H2,16,17,18,19). The maximum absolute atomic E-state index is 12.3. The number of amides is 1. The molecule has 94 valence electrons. The number of aryl methyl sites for hydroxylation is 1. The Kier molecular flexibility index (Phi) is 2.76. The van der Waals surface area contributed by atoms with Gasteiger partial charge in [-0.1, -0.05) is 36.4 Å². The summed E-state index contributed by atoms with van der Waals surface area (Å²) < 4.78 is 0. The van der Waals surface area contributed by atoms with Crippen LogP contribution in [0.15, 0.2) is 48.7 Å². The van der Waals surface area contributed by atoms with Crippen molar-refractivity contribution in [1.82, 2.24) is 10.2 Å². The Labute approximate surface area is 110 Å². The number of nitrogens with zero attached hydrogens (tertiary/aromatic N) is 1. The zero-order chi connectivity index (χ0) is 13.2. The highest BCUT2D eigenvalue weighted by molar-refractivity contribution is 6.12. The third-order valence-corrected chi connectivity index (χ3v) is 3.10. The fourth-order valence-corrected chi connectivity index (χ4v) is 2.08. The van der Waals surface area contributed by atoms with Crippen LogP contribution in [-0.2, 0) is 0 Å². The molecule has 4 heteroatoms. The second-order valence-electron chi connectivity index (χ2n) is 4.41. The van der Waals surface area contributed by atoms with Gasteiger partial charge in [-0.25, -0.2) is 0 Å². The van der Waals surface area contributed by atoms with E-state index in [0.29, 0.717) is 11.4 Å². The van der Waals surface area contributed by atoms with Crippen molar-refractivity contribution in [1.29, 1.82) is 0 Å². The number of aromatic amines is 1. The van der Waals surface area contributed by atoms with Gasteiger partial charge in [0.05, 0.1) is 6.20 Å². The van der Waals surface area contributed by atoms with E-state index in [2.05, 4.69) is 15.5 Å². The second kappa shape index (κ2) is 4.57. The lowest BCUT2D eigenvalue weighted by molar-refractivity contribution is 0.102. The summed E-state index contributed by atoms with van der Waals surface area (Å²) >= 11 is 0. The third-order valence-electron chi connectivity index (χ3n) is 3.10. The summed E-state index contributed by atoms with van der Waals surface area (Å²) in [6.45, 7) is 1.89. The molecule has 0 fully saturated rings. The van der Waals surface area contributed by atoms with Gasteiger partial charge < -0.3 is 5.32 Å². The average molecular weight is 251 g/mol. The molecule has 0 aliphatic carbocycles. The minimum Gasteiger partial charge on any atom is -0.307 e. The van der Waals surface area contributed by atoms with Gasteiger partial charge in [0.25, 0.3) is 5.91 Å². The van der Waals surface area contributed by atoms with Crippen LogP contribution in [0.25, 0.3) is 10.8 Å². The number of H-pyrrole nitrogens is 1. The van der Waals surface area contributed by atoms with Crippen LogP contribution >= 0.6 is 0 Å². The minimum atomic E-state index is -0.135. The van der Waals surface area contributed by atoms with E-state index in [-0.39, 0.29) is 5.91 Å². The summed E-state index contributed by atoms with van der Waals surface area (Å²) in [4.78, 5) is 12.3. The van der Waals surface area contributed by atoms with Gasteiger partial charge in [0.1, 0.15) is 5.82 Å². The Morgan fingerprint density at radius 3 is 2.74 bits per heavy atom. The molecule has 0 bridgehead atoms.